The molecular weight excluding hydrogens is 370 g/mol. The Hall–Kier alpha value is -4.17. The van der Waals surface area contributed by atoms with Crippen molar-refractivity contribution in [1.82, 2.24) is 19.5 Å². The number of rotatable bonds is 3. The van der Waals surface area contributed by atoms with Crippen molar-refractivity contribution in [2.45, 2.75) is 13.8 Å². The zero-order valence-corrected chi connectivity index (χ0v) is 16.7. The molecule has 0 amide bonds. The van der Waals surface area contributed by atoms with Crippen molar-refractivity contribution in [2.24, 2.45) is 0 Å². The molecule has 0 bridgehead atoms. The third-order valence-corrected chi connectivity index (χ3v) is 5.38. The first kappa shape index (κ1) is 17.9. The first-order valence-electron chi connectivity index (χ1n) is 9.75. The Morgan fingerprint density at radius 1 is 1.03 bits per heavy atom. The number of fused-ring (bicyclic) bond motifs is 2. The number of nitrogens with one attached hydrogen (secondary N) is 1. The molecule has 0 aliphatic heterocycles. The second kappa shape index (κ2) is 7.02. The first-order valence-corrected chi connectivity index (χ1v) is 9.75. The van der Waals surface area contributed by atoms with E-state index in [-0.39, 0.29) is 0 Å². The van der Waals surface area contributed by atoms with Crippen LogP contribution in [-0.4, -0.2) is 19.5 Å². The molecule has 2 aromatic carbocycles. The van der Waals surface area contributed by atoms with Gasteiger partial charge in [-0.25, -0.2) is 4.98 Å². The Morgan fingerprint density at radius 3 is 2.73 bits per heavy atom. The Bertz CT molecular complexity index is 1440. The van der Waals surface area contributed by atoms with E-state index >= 15 is 0 Å². The number of allylic oxidation sites excluding steroid dienone is 1. The van der Waals surface area contributed by atoms with Crippen LogP contribution in [0.5, 0.6) is 0 Å². The summed E-state index contributed by atoms with van der Waals surface area (Å²) in [6.07, 6.45) is 3.71. The van der Waals surface area contributed by atoms with Gasteiger partial charge in [-0.3, -0.25) is 4.98 Å². The van der Waals surface area contributed by atoms with Crippen molar-refractivity contribution in [3.8, 4) is 11.8 Å². The summed E-state index contributed by atoms with van der Waals surface area (Å²) in [6, 6.07) is 22.4. The van der Waals surface area contributed by atoms with E-state index in [0.29, 0.717) is 11.4 Å². The number of aromatic amines is 1. The lowest BCUT2D eigenvalue weighted by Crippen LogP contribution is -1.99. The van der Waals surface area contributed by atoms with Crippen molar-refractivity contribution in [3.63, 3.8) is 0 Å². The van der Waals surface area contributed by atoms with E-state index in [0.717, 1.165) is 44.6 Å². The largest absolute Gasteiger partial charge is 0.337 e. The molecule has 5 aromatic rings. The van der Waals surface area contributed by atoms with Gasteiger partial charge in [0, 0.05) is 28.7 Å². The van der Waals surface area contributed by atoms with Gasteiger partial charge in [0.25, 0.3) is 0 Å². The second-order valence-corrected chi connectivity index (χ2v) is 7.31. The number of aromatic nitrogens is 4. The van der Waals surface area contributed by atoms with Crippen LogP contribution in [0.2, 0.25) is 0 Å². The molecular formula is C25H19N5. The number of nitriles is 1. The fourth-order valence-corrected chi connectivity index (χ4v) is 3.92. The molecule has 0 atom stereocenters. The number of hydrogen-bond donors (Lipinski definition) is 1. The molecule has 1 N–H and O–H groups in total. The number of nitrogens with zero attached hydrogens (tertiary/aromatic N) is 4. The zero-order valence-electron chi connectivity index (χ0n) is 16.7. The number of aryl methyl sites for hydroxylation is 1. The van der Waals surface area contributed by atoms with Crippen LogP contribution in [0.25, 0.3) is 39.3 Å². The maximum Gasteiger partial charge on any atom is 0.149 e. The Balaban J connectivity index is 1.60. The summed E-state index contributed by atoms with van der Waals surface area (Å²) in [7, 11) is 0. The zero-order chi connectivity index (χ0) is 20.7. The highest BCUT2D eigenvalue weighted by Gasteiger charge is 2.13. The summed E-state index contributed by atoms with van der Waals surface area (Å²) in [5.74, 6) is 0.584. The summed E-state index contributed by atoms with van der Waals surface area (Å²) >= 11 is 0. The number of benzene rings is 2. The predicted molar refractivity (Wildman–Crippen MR) is 120 cm³/mol. The number of H-pyrrole nitrogens is 1. The lowest BCUT2D eigenvalue weighted by molar-refractivity contribution is 0.966. The first-order chi connectivity index (χ1) is 14.6. The summed E-state index contributed by atoms with van der Waals surface area (Å²) in [4.78, 5) is 12.2. The minimum atomic E-state index is 0.508. The van der Waals surface area contributed by atoms with E-state index in [9.17, 15) is 5.26 Å². The maximum absolute atomic E-state index is 9.78. The van der Waals surface area contributed by atoms with Crippen molar-refractivity contribution in [3.05, 3.63) is 89.6 Å². The molecule has 0 saturated carbocycles. The fraction of sp³-hybridized carbons (Fsp3) is 0.0800. The molecule has 0 fully saturated rings. The van der Waals surface area contributed by atoms with Crippen LogP contribution in [0.3, 0.4) is 0 Å². The lowest BCUT2D eigenvalue weighted by Gasteiger charge is -2.10. The van der Waals surface area contributed by atoms with Gasteiger partial charge in [0.15, 0.2) is 0 Å². The average Bonchev–Trinajstić information content (AvgIpc) is 3.32. The van der Waals surface area contributed by atoms with Gasteiger partial charge >= 0.3 is 0 Å². The molecule has 0 aliphatic rings. The Morgan fingerprint density at radius 2 is 1.90 bits per heavy atom. The molecule has 0 aliphatic carbocycles. The number of hydrogen-bond acceptors (Lipinski definition) is 3. The van der Waals surface area contributed by atoms with E-state index in [4.69, 9.17) is 0 Å². The van der Waals surface area contributed by atoms with E-state index in [1.165, 1.54) is 0 Å². The molecule has 144 valence electrons. The Kier molecular flexibility index (Phi) is 4.19. The molecule has 30 heavy (non-hydrogen) atoms. The molecule has 3 heterocycles. The molecule has 5 nitrogen and oxygen atoms in total. The van der Waals surface area contributed by atoms with Crippen LogP contribution in [0.1, 0.15) is 22.8 Å². The summed E-state index contributed by atoms with van der Waals surface area (Å²) in [5.41, 5.74) is 7.49. The predicted octanol–water partition coefficient (Wildman–Crippen LogP) is 5.58. The van der Waals surface area contributed by atoms with E-state index < -0.39 is 0 Å². The average molecular weight is 389 g/mol. The van der Waals surface area contributed by atoms with Crippen LogP contribution in [0.4, 0.5) is 0 Å². The van der Waals surface area contributed by atoms with E-state index in [1.807, 2.05) is 42.5 Å². The van der Waals surface area contributed by atoms with Gasteiger partial charge in [0.05, 0.1) is 22.1 Å². The van der Waals surface area contributed by atoms with Gasteiger partial charge in [0.1, 0.15) is 11.9 Å². The minimum absolute atomic E-state index is 0.508. The van der Waals surface area contributed by atoms with Crippen molar-refractivity contribution in [2.75, 3.05) is 0 Å². The van der Waals surface area contributed by atoms with Crippen LogP contribution >= 0.6 is 0 Å². The highest BCUT2D eigenvalue weighted by atomic mass is 15.0. The Labute approximate surface area is 174 Å². The number of imidazole rings is 1. The molecule has 0 saturated heterocycles. The lowest BCUT2D eigenvalue weighted by atomic mass is 10.1. The van der Waals surface area contributed by atoms with Crippen molar-refractivity contribution in [1.29, 1.82) is 5.26 Å². The molecule has 0 unspecified atom stereocenters. The molecule has 3 aromatic heterocycles. The van der Waals surface area contributed by atoms with Gasteiger partial charge in [-0.05, 0) is 68.0 Å². The summed E-state index contributed by atoms with van der Waals surface area (Å²) in [6.45, 7) is 4.14. The molecule has 5 rings (SSSR count). The van der Waals surface area contributed by atoms with Gasteiger partial charge in [-0.15, -0.1) is 0 Å². The third kappa shape index (κ3) is 2.96. The SMILES string of the molecule is Cc1cc(/C=C(/C#N)c2nc3ccccc3[nH]2)c(C)n1-c1ccc2ncccc2c1. The normalized spacial score (nSPS) is 11.8. The quantitative estimate of drug-likeness (QED) is 0.409. The highest BCUT2D eigenvalue weighted by Crippen LogP contribution is 2.27. The summed E-state index contributed by atoms with van der Waals surface area (Å²) < 4.78 is 2.20. The molecule has 0 spiro atoms. The van der Waals surface area contributed by atoms with Crippen LogP contribution in [0, 0.1) is 25.2 Å². The van der Waals surface area contributed by atoms with Gasteiger partial charge in [-0.2, -0.15) is 5.26 Å². The van der Waals surface area contributed by atoms with Gasteiger partial charge < -0.3 is 9.55 Å². The summed E-state index contributed by atoms with van der Waals surface area (Å²) in [5, 5.41) is 10.9. The van der Waals surface area contributed by atoms with E-state index in [1.54, 1.807) is 6.20 Å². The van der Waals surface area contributed by atoms with Gasteiger partial charge in [0.2, 0.25) is 0 Å². The standard InChI is InChI=1S/C25H19N5/c1-16-12-19(13-20(15-26)25-28-23-7-3-4-8-24(23)29-25)17(2)30(16)21-9-10-22-18(14-21)6-5-11-27-22/h3-14H,1-2H3,(H,28,29)/b20-13-. The molecule has 0 radical (unpaired) electrons. The van der Waals surface area contributed by atoms with Crippen molar-refractivity contribution < 1.29 is 0 Å². The number of para-hydroxylation sites is 2. The van der Waals surface area contributed by atoms with Gasteiger partial charge in [-0.1, -0.05) is 18.2 Å². The highest BCUT2D eigenvalue weighted by molar-refractivity contribution is 5.91. The maximum atomic E-state index is 9.78. The second-order valence-electron chi connectivity index (χ2n) is 7.31. The topological polar surface area (TPSA) is 70.3 Å². The van der Waals surface area contributed by atoms with E-state index in [2.05, 4.69) is 63.7 Å². The van der Waals surface area contributed by atoms with Crippen molar-refractivity contribution >= 4 is 33.6 Å². The number of pyridine rings is 1. The molecule has 5 heteroatoms. The smallest absolute Gasteiger partial charge is 0.149 e. The monoisotopic (exact) mass is 389 g/mol. The van der Waals surface area contributed by atoms with Crippen LogP contribution in [-0.2, 0) is 0 Å². The minimum Gasteiger partial charge on any atom is -0.337 e. The third-order valence-electron chi connectivity index (χ3n) is 5.38. The van der Waals surface area contributed by atoms with Crippen LogP contribution < -0.4 is 0 Å². The fourth-order valence-electron chi connectivity index (χ4n) is 3.92. The van der Waals surface area contributed by atoms with Crippen LogP contribution in [0.15, 0.2) is 66.9 Å².